The van der Waals surface area contributed by atoms with E-state index < -0.39 is 5.60 Å². The Hall–Kier alpha value is -1.69. The smallest absolute Gasteiger partial charge is 0.223 e. The Morgan fingerprint density at radius 1 is 1.20 bits per heavy atom. The second-order valence-electron chi connectivity index (χ2n) is 9.16. The Balaban J connectivity index is 1.50. The molecular formula is C25H34N2O2S. The van der Waals surface area contributed by atoms with E-state index in [9.17, 15) is 9.90 Å². The molecule has 1 saturated carbocycles. The van der Waals surface area contributed by atoms with Crippen molar-refractivity contribution in [2.24, 2.45) is 5.92 Å². The van der Waals surface area contributed by atoms with E-state index in [4.69, 9.17) is 0 Å². The summed E-state index contributed by atoms with van der Waals surface area (Å²) in [7, 11) is 0. The fraction of sp³-hybridized carbons (Fsp3) is 0.560. The molecule has 0 radical (unpaired) electrons. The number of carbonyl (C=O) groups excluding carboxylic acids is 1. The first-order valence-electron chi connectivity index (χ1n) is 11.4. The SMILES string of the molecule is CC1(O)CCN(CCCc2ccccc2)C(c2cccs2)C1NC(=O)C1CCCC1. The number of rotatable bonds is 7. The number of likely N-dealkylation sites (tertiary alicyclic amines) is 1. The molecule has 2 heterocycles. The number of aryl methyl sites for hydroxylation is 1. The maximum absolute atomic E-state index is 13.0. The first-order valence-corrected chi connectivity index (χ1v) is 12.3. The highest BCUT2D eigenvalue weighted by atomic mass is 32.1. The van der Waals surface area contributed by atoms with Crippen LogP contribution in [0.15, 0.2) is 47.8 Å². The van der Waals surface area contributed by atoms with Crippen molar-refractivity contribution in [1.29, 1.82) is 0 Å². The molecule has 2 N–H and O–H groups in total. The summed E-state index contributed by atoms with van der Waals surface area (Å²) < 4.78 is 0. The summed E-state index contributed by atoms with van der Waals surface area (Å²) in [5.74, 6) is 0.240. The minimum Gasteiger partial charge on any atom is -0.388 e. The minimum atomic E-state index is -0.904. The van der Waals surface area contributed by atoms with Gasteiger partial charge in [-0.2, -0.15) is 0 Å². The lowest BCUT2D eigenvalue weighted by Gasteiger charge is -2.49. The van der Waals surface area contributed by atoms with E-state index >= 15 is 0 Å². The van der Waals surface area contributed by atoms with E-state index in [1.165, 1.54) is 10.4 Å². The van der Waals surface area contributed by atoms with Crippen LogP contribution in [0.3, 0.4) is 0 Å². The third-order valence-corrected chi connectivity index (χ3v) is 7.84. The molecule has 2 fully saturated rings. The Morgan fingerprint density at radius 3 is 2.67 bits per heavy atom. The highest BCUT2D eigenvalue weighted by Gasteiger charge is 2.47. The van der Waals surface area contributed by atoms with E-state index in [2.05, 4.69) is 58.1 Å². The van der Waals surface area contributed by atoms with Gasteiger partial charge >= 0.3 is 0 Å². The van der Waals surface area contributed by atoms with Gasteiger partial charge in [0, 0.05) is 17.3 Å². The molecule has 30 heavy (non-hydrogen) atoms. The lowest BCUT2D eigenvalue weighted by Crippen LogP contribution is -2.63. The quantitative estimate of drug-likeness (QED) is 0.683. The lowest BCUT2D eigenvalue weighted by molar-refractivity contribution is -0.132. The van der Waals surface area contributed by atoms with Crippen LogP contribution >= 0.6 is 11.3 Å². The highest BCUT2D eigenvalue weighted by Crippen LogP contribution is 2.39. The van der Waals surface area contributed by atoms with Gasteiger partial charge in [-0.05, 0) is 62.6 Å². The molecule has 162 valence electrons. The third-order valence-electron chi connectivity index (χ3n) is 6.90. The Kier molecular flexibility index (Phi) is 6.91. The van der Waals surface area contributed by atoms with Gasteiger partial charge in [0.05, 0.1) is 17.7 Å². The zero-order valence-corrected chi connectivity index (χ0v) is 18.7. The molecule has 0 spiro atoms. The van der Waals surface area contributed by atoms with Gasteiger partial charge in [0.25, 0.3) is 0 Å². The number of nitrogens with zero attached hydrogens (tertiary/aromatic N) is 1. The molecular weight excluding hydrogens is 392 g/mol. The number of thiophene rings is 1. The van der Waals surface area contributed by atoms with E-state index in [1.807, 2.05) is 6.92 Å². The molecule has 1 saturated heterocycles. The second-order valence-corrected chi connectivity index (χ2v) is 10.1. The van der Waals surface area contributed by atoms with Crippen molar-refractivity contribution in [2.45, 2.75) is 69.6 Å². The molecule has 2 aromatic rings. The Bertz CT molecular complexity index is 800. The van der Waals surface area contributed by atoms with Crippen molar-refractivity contribution in [3.8, 4) is 0 Å². The largest absolute Gasteiger partial charge is 0.388 e. The van der Waals surface area contributed by atoms with Crippen LogP contribution in [0.1, 0.15) is 61.9 Å². The van der Waals surface area contributed by atoms with Crippen molar-refractivity contribution in [1.82, 2.24) is 10.2 Å². The lowest BCUT2D eigenvalue weighted by atomic mass is 9.81. The van der Waals surface area contributed by atoms with Gasteiger partial charge in [-0.1, -0.05) is 49.2 Å². The molecule has 1 amide bonds. The predicted molar refractivity (Wildman–Crippen MR) is 123 cm³/mol. The summed E-state index contributed by atoms with van der Waals surface area (Å²) in [6, 6.07) is 14.6. The second kappa shape index (κ2) is 9.63. The van der Waals surface area contributed by atoms with Crippen molar-refractivity contribution in [3.05, 3.63) is 58.3 Å². The molecule has 0 bridgehead atoms. The number of nitrogens with one attached hydrogen (secondary N) is 1. The van der Waals surface area contributed by atoms with Crippen LogP contribution in [0.2, 0.25) is 0 Å². The van der Waals surface area contributed by atoms with Crippen LogP contribution in [0, 0.1) is 5.92 Å². The van der Waals surface area contributed by atoms with E-state index in [0.717, 1.165) is 51.6 Å². The topological polar surface area (TPSA) is 52.6 Å². The third kappa shape index (κ3) is 4.96. The minimum absolute atomic E-state index is 0.0230. The predicted octanol–water partition coefficient (Wildman–Crippen LogP) is 4.55. The number of piperidine rings is 1. The van der Waals surface area contributed by atoms with Crippen molar-refractivity contribution in [2.75, 3.05) is 13.1 Å². The zero-order chi connectivity index (χ0) is 21.0. The van der Waals surface area contributed by atoms with Crippen LogP contribution in [-0.4, -0.2) is 40.6 Å². The number of hydrogen-bond donors (Lipinski definition) is 2. The standard InChI is InChI=1S/C25H34N2O2S/c1-25(29)15-17-27(16-7-11-19-9-3-2-4-10-19)22(21-14-8-18-30-21)23(25)26-24(28)20-12-5-6-13-20/h2-4,8-10,14,18,20,22-23,29H,5-7,11-13,15-17H2,1H3,(H,26,28). The van der Waals surface area contributed by atoms with Crippen molar-refractivity contribution < 1.29 is 9.90 Å². The highest BCUT2D eigenvalue weighted by molar-refractivity contribution is 7.10. The van der Waals surface area contributed by atoms with Gasteiger partial charge in [-0.15, -0.1) is 11.3 Å². The zero-order valence-electron chi connectivity index (χ0n) is 17.9. The molecule has 5 heteroatoms. The molecule has 1 aliphatic heterocycles. The molecule has 2 aliphatic rings. The summed E-state index contributed by atoms with van der Waals surface area (Å²) in [6.45, 7) is 3.71. The van der Waals surface area contributed by atoms with Crippen LogP contribution in [0.5, 0.6) is 0 Å². The van der Waals surface area contributed by atoms with Gasteiger partial charge < -0.3 is 10.4 Å². The molecule has 3 atom stereocenters. The van der Waals surface area contributed by atoms with E-state index in [1.54, 1.807) is 11.3 Å². The molecule has 1 aromatic carbocycles. The summed E-state index contributed by atoms with van der Waals surface area (Å²) in [5.41, 5.74) is 0.457. The van der Waals surface area contributed by atoms with Crippen molar-refractivity contribution in [3.63, 3.8) is 0 Å². The fourth-order valence-electron chi connectivity index (χ4n) is 5.09. The fourth-order valence-corrected chi connectivity index (χ4v) is 5.99. The molecule has 4 rings (SSSR count). The summed E-state index contributed by atoms with van der Waals surface area (Å²) in [4.78, 5) is 16.7. The van der Waals surface area contributed by atoms with Crippen LogP contribution < -0.4 is 5.32 Å². The Labute approximate surface area is 184 Å². The number of hydrogen-bond acceptors (Lipinski definition) is 4. The maximum atomic E-state index is 13.0. The number of amides is 1. The normalized spacial score (nSPS) is 27.9. The van der Waals surface area contributed by atoms with Gasteiger partial charge in [-0.3, -0.25) is 9.69 Å². The Morgan fingerprint density at radius 2 is 1.97 bits per heavy atom. The summed E-state index contributed by atoms with van der Waals surface area (Å²) in [5, 5.41) is 16.7. The summed E-state index contributed by atoms with van der Waals surface area (Å²) >= 11 is 1.72. The average Bonchev–Trinajstić information content (AvgIpc) is 3.45. The van der Waals surface area contributed by atoms with Crippen LogP contribution in [0.4, 0.5) is 0 Å². The van der Waals surface area contributed by atoms with Gasteiger partial charge in [0.2, 0.25) is 5.91 Å². The van der Waals surface area contributed by atoms with Crippen LogP contribution in [0.25, 0.3) is 0 Å². The molecule has 4 nitrogen and oxygen atoms in total. The van der Waals surface area contributed by atoms with Gasteiger partial charge in [0.15, 0.2) is 0 Å². The monoisotopic (exact) mass is 426 g/mol. The van der Waals surface area contributed by atoms with Gasteiger partial charge in [0.1, 0.15) is 0 Å². The average molecular weight is 427 g/mol. The summed E-state index contributed by atoms with van der Waals surface area (Å²) in [6.07, 6.45) is 7.02. The molecule has 1 aromatic heterocycles. The van der Waals surface area contributed by atoms with E-state index in [-0.39, 0.29) is 23.9 Å². The number of carbonyl (C=O) groups is 1. The first kappa shape index (κ1) is 21.5. The molecule has 3 unspecified atom stereocenters. The van der Waals surface area contributed by atoms with Crippen molar-refractivity contribution >= 4 is 17.2 Å². The maximum Gasteiger partial charge on any atom is 0.223 e. The van der Waals surface area contributed by atoms with Gasteiger partial charge in [-0.25, -0.2) is 0 Å². The number of benzene rings is 1. The molecule has 1 aliphatic carbocycles. The first-order chi connectivity index (χ1) is 14.5. The van der Waals surface area contributed by atoms with Crippen LogP contribution in [-0.2, 0) is 11.2 Å². The number of aliphatic hydroxyl groups is 1. The van der Waals surface area contributed by atoms with E-state index in [0.29, 0.717) is 6.42 Å².